The van der Waals surface area contributed by atoms with Gasteiger partial charge >= 0.3 is 0 Å². The number of aromatic nitrogens is 2. The fourth-order valence-electron chi connectivity index (χ4n) is 1.61. The molecule has 0 saturated carbocycles. The van der Waals surface area contributed by atoms with Crippen molar-refractivity contribution in [2.24, 2.45) is 7.05 Å². The van der Waals surface area contributed by atoms with Crippen LogP contribution in [0.2, 0.25) is 0 Å². The molecule has 16 heavy (non-hydrogen) atoms. The molecule has 1 rings (SSSR count). The van der Waals surface area contributed by atoms with Crippen LogP contribution in [0, 0.1) is 6.92 Å². The van der Waals surface area contributed by atoms with Crippen molar-refractivity contribution in [2.75, 3.05) is 18.6 Å². The fraction of sp³-hybridized carbons (Fsp3) is 0.700. The van der Waals surface area contributed by atoms with E-state index in [0.29, 0.717) is 6.54 Å². The zero-order chi connectivity index (χ0) is 12.3. The minimum absolute atomic E-state index is 0.121. The first-order chi connectivity index (χ1) is 7.29. The van der Waals surface area contributed by atoms with E-state index in [-0.39, 0.29) is 11.8 Å². The molecular weight excluding hydrogens is 226 g/mol. The van der Waals surface area contributed by atoms with E-state index in [1.165, 1.54) is 6.26 Å². The Hall–Kier alpha value is -0.880. The Morgan fingerprint density at radius 1 is 1.56 bits per heavy atom. The molecule has 0 aliphatic carbocycles. The Morgan fingerprint density at radius 2 is 2.19 bits per heavy atom. The van der Waals surface area contributed by atoms with Crippen LogP contribution in [0.1, 0.15) is 24.2 Å². The third kappa shape index (κ3) is 3.94. The summed E-state index contributed by atoms with van der Waals surface area (Å²) in [5, 5.41) is 7.42. The molecule has 0 aliphatic heterocycles. The van der Waals surface area contributed by atoms with Crippen molar-refractivity contribution in [1.29, 1.82) is 0 Å². The monoisotopic (exact) mass is 245 g/mol. The van der Waals surface area contributed by atoms with E-state index < -0.39 is 9.84 Å². The van der Waals surface area contributed by atoms with Crippen LogP contribution in [0.15, 0.2) is 6.20 Å². The van der Waals surface area contributed by atoms with E-state index in [1.54, 1.807) is 4.68 Å². The van der Waals surface area contributed by atoms with Gasteiger partial charge in [-0.15, -0.1) is 0 Å². The highest BCUT2D eigenvalue weighted by Crippen LogP contribution is 2.14. The lowest BCUT2D eigenvalue weighted by Crippen LogP contribution is -2.25. The van der Waals surface area contributed by atoms with Gasteiger partial charge in [0.2, 0.25) is 0 Å². The number of sulfone groups is 1. The summed E-state index contributed by atoms with van der Waals surface area (Å²) in [6.07, 6.45) is 3.20. The molecule has 1 heterocycles. The average molecular weight is 245 g/mol. The Balaban J connectivity index is 2.53. The minimum Gasteiger partial charge on any atom is -0.309 e. The third-order valence-electron chi connectivity index (χ3n) is 2.44. The molecule has 0 radical (unpaired) electrons. The second kappa shape index (κ2) is 4.97. The first-order valence-electron chi connectivity index (χ1n) is 5.21. The van der Waals surface area contributed by atoms with E-state index in [4.69, 9.17) is 0 Å². The molecule has 0 amide bonds. The maximum Gasteiger partial charge on any atom is 0.148 e. The molecule has 1 atom stereocenters. The maximum atomic E-state index is 11.0. The van der Waals surface area contributed by atoms with Crippen molar-refractivity contribution in [3.05, 3.63) is 17.5 Å². The highest BCUT2D eigenvalue weighted by atomic mass is 32.2. The average Bonchev–Trinajstić information content (AvgIpc) is 2.43. The largest absolute Gasteiger partial charge is 0.309 e. The van der Waals surface area contributed by atoms with Gasteiger partial charge in [0.15, 0.2) is 0 Å². The molecule has 0 aromatic carbocycles. The topological polar surface area (TPSA) is 64.0 Å². The van der Waals surface area contributed by atoms with Crippen LogP contribution in [0.5, 0.6) is 0 Å². The van der Waals surface area contributed by atoms with Crippen LogP contribution in [0.4, 0.5) is 0 Å². The van der Waals surface area contributed by atoms with E-state index in [2.05, 4.69) is 10.4 Å². The van der Waals surface area contributed by atoms with Crippen LogP contribution in [-0.4, -0.2) is 36.8 Å². The lowest BCUT2D eigenvalue weighted by atomic mass is 10.1. The molecular formula is C10H19N3O2S. The van der Waals surface area contributed by atoms with Gasteiger partial charge in [-0.05, 0) is 13.8 Å². The molecule has 1 aromatic heterocycles. The van der Waals surface area contributed by atoms with Crippen molar-refractivity contribution in [3.8, 4) is 0 Å². The summed E-state index contributed by atoms with van der Waals surface area (Å²) in [6, 6.07) is 0.121. The van der Waals surface area contributed by atoms with Gasteiger partial charge in [0.1, 0.15) is 9.84 Å². The Labute approximate surface area is 96.8 Å². The van der Waals surface area contributed by atoms with E-state index in [0.717, 1.165) is 11.3 Å². The normalized spacial score (nSPS) is 14.0. The molecule has 92 valence electrons. The molecule has 0 bridgehead atoms. The summed E-state index contributed by atoms with van der Waals surface area (Å²) < 4.78 is 23.7. The predicted octanol–water partition coefficient (Wildman–Crippen LogP) is 0.424. The molecule has 6 heteroatoms. The number of rotatable bonds is 5. The number of aryl methyl sites for hydroxylation is 2. The van der Waals surface area contributed by atoms with E-state index in [1.807, 2.05) is 27.1 Å². The van der Waals surface area contributed by atoms with E-state index in [9.17, 15) is 8.42 Å². The van der Waals surface area contributed by atoms with Gasteiger partial charge in [-0.25, -0.2) is 8.42 Å². The van der Waals surface area contributed by atoms with Gasteiger partial charge in [0.25, 0.3) is 0 Å². The van der Waals surface area contributed by atoms with E-state index >= 15 is 0 Å². The van der Waals surface area contributed by atoms with Crippen molar-refractivity contribution in [2.45, 2.75) is 19.9 Å². The Kier molecular flexibility index (Phi) is 4.09. The summed E-state index contributed by atoms with van der Waals surface area (Å²) >= 11 is 0. The van der Waals surface area contributed by atoms with Gasteiger partial charge in [-0.2, -0.15) is 5.10 Å². The summed E-state index contributed by atoms with van der Waals surface area (Å²) in [7, 11) is -1.02. The van der Waals surface area contributed by atoms with Gasteiger partial charge in [0.05, 0.1) is 11.4 Å². The zero-order valence-corrected chi connectivity index (χ0v) is 11.0. The molecule has 0 spiro atoms. The van der Waals surface area contributed by atoms with Crippen LogP contribution in [0.3, 0.4) is 0 Å². The maximum absolute atomic E-state index is 11.0. The van der Waals surface area contributed by atoms with Crippen LogP contribution >= 0.6 is 0 Å². The lowest BCUT2D eigenvalue weighted by Gasteiger charge is -2.12. The molecule has 0 aliphatic rings. The van der Waals surface area contributed by atoms with Gasteiger partial charge < -0.3 is 5.32 Å². The van der Waals surface area contributed by atoms with Crippen molar-refractivity contribution >= 4 is 9.84 Å². The second-order valence-corrected chi connectivity index (χ2v) is 6.41. The van der Waals surface area contributed by atoms with Crippen molar-refractivity contribution in [1.82, 2.24) is 15.1 Å². The molecule has 1 N–H and O–H groups in total. The number of nitrogens with one attached hydrogen (secondary N) is 1. The number of nitrogens with zero attached hydrogens (tertiary/aromatic N) is 2. The standard InChI is InChI=1S/C10H19N3O2S/c1-8(11-5-6-16(4,14)15)10-7-13(3)12-9(10)2/h7-8,11H,5-6H2,1-4H3. The molecule has 1 unspecified atom stereocenters. The zero-order valence-electron chi connectivity index (χ0n) is 10.2. The lowest BCUT2D eigenvalue weighted by molar-refractivity contribution is 0.574. The minimum atomic E-state index is -2.89. The SMILES string of the molecule is Cc1nn(C)cc1C(C)NCCS(C)(=O)=O. The van der Waals surface area contributed by atoms with Crippen molar-refractivity contribution < 1.29 is 8.42 Å². The van der Waals surface area contributed by atoms with Crippen LogP contribution in [-0.2, 0) is 16.9 Å². The summed E-state index contributed by atoms with van der Waals surface area (Å²) in [4.78, 5) is 0. The summed E-state index contributed by atoms with van der Waals surface area (Å²) in [5.41, 5.74) is 2.08. The Morgan fingerprint density at radius 3 is 2.62 bits per heavy atom. The first kappa shape index (κ1) is 13.2. The molecule has 5 nitrogen and oxygen atoms in total. The smallest absolute Gasteiger partial charge is 0.148 e. The van der Waals surface area contributed by atoms with Gasteiger partial charge in [-0.3, -0.25) is 4.68 Å². The highest BCUT2D eigenvalue weighted by Gasteiger charge is 2.11. The Bertz CT molecular complexity index is 451. The molecule has 0 fully saturated rings. The second-order valence-electron chi connectivity index (χ2n) is 4.15. The quantitative estimate of drug-likeness (QED) is 0.817. The van der Waals surface area contributed by atoms with Crippen LogP contribution < -0.4 is 5.32 Å². The third-order valence-corrected chi connectivity index (χ3v) is 3.39. The fourth-order valence-corrected chi connectivity index (χ4v) is 2.10. The van der Waals surface area contributed by atoms with Crippen molar-refractivity contribution in [3.63, 3.8) is 0 Å². The predicted molar refractivity (Wildman–Crippen MR) is 64.1 cm³/mol. The summed E-state index contributed by atoms with van der Waals surface area (Å²) in [5.74, 6) is 0.163. The van der Waals surface area contributed by atoms with Gasteiger partial charge in [0, 0.05) is 37.7 Å². The number of hydrogen-bond donors (Lipinski definition) is 1. The first-order valence-corrected chi connectivity index (χ1v) is 7.27. The summed E-state index contributed by atoms with van der Waals surface area (Å²) in [6.45, 7) is 4.42. The van der Waals surface area contributed by atoms with Gasteiger partial charge in [-0.1, -0.05) is 0 Å². The van der Waals surface area contributed by atoms with Crippen LogP contribution in [0.25, 0.3) is 0 Å². The molecule has 1 aromatic rings. The molecule has 0 saturated heterocycles. The number of hydrogen-bond acceptors (Lipinski definition) is 4. The highest BCUT2D eigenvalue weighted by molar-refractivity contribution is 7.90.